The number of nitrogens with two attached hydrogens (primary N) is 1. The van der Waals surface area contributed by atoms with E-state index in [1.54, 1.807) is 23.6 Å². The van der Waals surface area contributed by atoms with Gasteiger partial charge in [-0.2, -0.15) is 5.10 Å². The van der Waals surface area contributed by atoms with E-state index in [2.05, 4.69) is 20.5 Å². The number of fused-ring (bicyclic) bond motifs is 1. The normalized spacial score (nSPS) is 11.0. The molecular formula is C13H14N6OS. The molecule has 0 saturated heterocycles. The van der Waals surface area contributed by atoms with Crippen molar-refractivity contribution in [1.82, 2.24) is 19.7 Å². The minimum Gasteiger partial charge on any atom is -0.308 e. The number of aromatic nitrogens is 4. The van der Waals surface area contributed by atoms with Gasteiger partial charge < -0.3 is 5.43 Å². The van der Waals surface area contributed by atoms with E-state index < -0.39 is 0 Å². The molecule has 7 nitrogen and oxygen atoms in total. The Morgan fingerprint density at radius 1 is 1.38 bits per heavy atom. The molecule has 3 aromatic heterocycles. The van der Waals surface area contributed by atoms with Crippen molar-refractivity contribution in [1.29, 1.82) is 0 Å². The number of hydrogen-bond acceptors (Lipinski definition) is 7. The van der Waals surface area contributed by atoms with Gasteiger partial charge in [0.1, 0.15) is 11.4 Å². The second-order valence-electron chi connectivity index (χ2n) is 4.62. The van der Waals surface area contributed by atoms with E-state index in [1.807, 2.05) is 13.8 Å². The fourth-order valence-electron chi connectivity index (χ4n) is 2.11. The molecule has 3 aromatic rings. The van der Waals surface area contributed by atoms with Crippen LogP contribution in [-0.4, -0.2) is 19.7 Å². The third kappa shape index (κ3) is 2.39. The first kappa shape index (κ1) is 13.7. The fourth-order valence-corrected chi connectivity index (χ4v) is 3.16. The summed E-state index contributed by atoms with van der Waals surface area (Å²) in [5, 5.41) is 4.94. The molecule has 108 valence electrons. The van der Waals surface area contributed by atoms with Gasteiger partial charge in [-0.3, -0.25) is 4.79 Å². The summed E-state index contributed by atoms with van der Waals surface area (Å²) in [4.78, 5) is 22.6. The summed E-state index contributed by atoms with van der Waals surface area (Å²) in [6.45, 7) is 4.26. The van der Waals surface area contributed by atoms with Crippen LogP contribution in [0.15, 0.2) is 23.1 Å². The minimum atomic E-state index is -0.193. The van der Waals surface area contributed by atoms with Crippen LogP contribution in [0.3, 0.4) is 0 Å². The Labute approximate surface area is 124 Å². The lowest BCUT2D eigenvalue weighted by molar-refractivity contribution is 0.617. The number of hydrazine groups is 1. The highest BCUT2D eigenvalue weighted by Gasteiger charge is 2.14. The summed E-state index contributed by atoms with van der Waals surface area (Å²) in [5.41, 5.74) is 3.54. The van der Waals surface area contributed by atoms with Crippen LogP contribution in [0.1, 0.15) is 16.3 Å². The highest BCUT2D eigenvalue weighted by Crippen LogP contribution is 2.32. The van der Waals surface area contributed by atoms with Gasteiger partial charge >= 0.3 is 0 Å². The Balaban J connectivity index is 2.12. The molecule has 0 bridgehead atoms. The molecule has 0 unspecified atom stereocenters. The Hall–Kier alpha value is -2.32. The molecule has 3 rings (SSSR count). The standard InChI is InChI=1S/C13H14N6OS/c1-7-8(2)21-13-11(7)12(18-14)16-9(17-13)6-19-10(20)4-3-5-15-19/h3-5H,6,14H2,1-2H3,(H,16,17,18). The van der Waals surface area contributed by atoms with Crippen molar-refractivity contribution < 1.29 is 0 Å². The molecular weight excluding hydrogens is 288 g/mol. The molecule has 0 radical (unpaired) electrons. The van der Waals surface area contributed by atoms with Crippen LogP contribution < -0.4 is 16.8 Å². The van der Waals surface area contributed by atoms with E-state index in [-0.39, 0.29) is 12.1 Å². The maximum atomic E-state index is 11.7. The van der Waals surface area contributed by atoms with Gasteiger partial charge in [-0.1, -0.05) is 0 Å². The molecule has 0 aliphatic rings. The first-order chi connectivity index (χ1) is 10.1. The van der Waals surface area contributed by atoms with Crippen molar-refractivity contribution in [3.63, 3.8) is 0 Å². The van der Waals surface area contributed by atoms with Crippen molar-refractivity contribution in [2.45, 2.75) is 20.4 Å². The number of hydrogen-bond donors (Lipinski definition) is 2. The highest BCUT2D eigenvalue weighted by atomic mass is 32.1. The first-order valence-electron chi connectivity index (χ1n) is 6.35. The third-order valence-electron chi connectivity index (χ3n) is 3.29. The minimum absolute atomic E-state index is 0.193. The van der Waals surface area contributed by atoms with Crippen LogP contribution in [0, 0.1) is 13.8 Å². The molecule has 0 aliphatic heterocycles. The molecule has 0 atom stereocenters. The van der Waals surface area contributed by atoms with E-state index in [0.717, 1.165) is 15.8 Å². The number of nitrogen functional groups attached to an aromatic ring is 1. The van der Waals surface area contributed by atoms with Crippen LogP contribution >= 0.6 is 11.3 Å². The average Bonchev–Trinajstić information content (AvgIpc) is 2.76. The lowest BCUT2D eigenvalue weighted by atomic mass is 10.2. The molecule has 0 spiro atoms. The summed E-state index contributed by atoms with van der Waals surface area (Å²) in [6.07, 6.45) is 1.56. The zero-order chi connectivity index (χ0) is 15.0. The lowest BCUT2D eigenvalue weighted by Crippen LogP contribution is -2.23. The Morgan fingerprint density at radius 3 is 2.90 bits per heavy atom. The van der Waals surface area contributed by atoms with Crippen LogP contribution in [0.25, 0.3) is 10.2 Å². The Kier molecular flexibility index (Phi) is 3.40. The largest absolute Gasteiger partial charge is 0.308 e. The van der Waals surface area contributed by atoms with Gasteiger partial charge in [0.15, 0.2) is 11.6 Å². The van der Waals surface area contributed by atoms with Crippen molar-refractivity contribution in [3.05, 3.63) is 44.9 Å². The van der Waals surface area contributed by atoms with Crippen molar-refractivity contribution in [2.24, 2.45) is 5.84 Å². The van der Waals surface area contributed by atoms with E-state index in [4.69, 9.17) is 5.84 Å². The predicted octanol–water partition coefficient (Wildman–Crippen LogP) is 1.20. The van der Waals surface area contributed by atoms with Crippen LogP contribution in [0.2, 0.25) is 0 Å². The molecule has 0 saturated carbocycles. The monoisotopic (exact) mass is 302 g/mol. The van der Waals surface area contributed by atoms with Gasteiger partial charge in [0.05, 0.1) is 5.39 Å². The second kappa shape index (κ2) is 5.23. The molecule has 0 fully saturated rings. The zero-order valence-electron chi connectivity index (χ0n) is 11.6. The number of nitrogens with one attached hydrogen (secondary N) is 1. The van der Waals surface area contributed by atoms with Gasteiger partial charge in [0, 0.05) is 17.1 Å². The molecule has 3 heterocycles. The predicted molar refractivity (Wildman–Crippen MR) is 82.3 cm³/mol. The summed E-state index contributed by atoms with van der Waals surface area (Å²) in [6, 6.07) is 3.05. The molecule has 8 heteroatoms. The number of nitrogens with zero attached hydrogens (tertiary/aromatic N) is 4. The van der Waals surface area contributed by atoms with Crippen molar-refractivity contribution in [2.75, 3.05) is 5.43 Å². The van der Waals surface area contributed by atoms with Crippen molar-refractivity contribution in [3.8, 4) is 0 Å². The van der Waals surface area contributed by atoms with Gasteiger partial charge in [-0.25, -0.2) is 20.5 Å². The maximum Gasteiger partial charge on any atom is 0.267 e. The van der Waals surface area contributed by atoms with E-state index >= 15 is 0 Å². The summed E-state index contributed by atoms with van der Waals surface area (Å²) < 4.78 is 1.31. The number of rotatable bonds is 3. The highest BCUT2D eigenvalue weighted by molar-refractivity contribution is 7.18. The van der Waals surface area contributed by atoms with Crippen LogP contribution in [0.4, 0.5) is 5.82 Å². The first-order valence-corrected chi connectivity index (χ1v) is 7.17. The molecule has 0 aliphatic carbocycles. The topological polar surface area (TPSA) is 98.7 Å². The van der Waals surface area contributed by atoms with E-state index in [0.29, 0.717) is 11.6 Å². The lowest BCUT2D eigenvalue weighted by Gasteiger charge is -2.07. The number of thiophene rings is 1. The molecule has 3 N–H and O–H groups in total. The summed E-state index contributed by atoms with van der Waals surface area (Å²) in [5.74, 6) is 6.63. The second-order valence-corrected chi connectivity index (χ2v) is 5.82. The molecule has 0 aromatic carbocycles. The van der Waals surface area contributed by atoms with Crippen LogP contribution in [0.5, 0.6) is 0 Å². The van der Waals surface area contributed by atoms with Gasteiger partial charge in [-0.15, -0.1) is 11.3 Å². The Bertz CT molecular complexity index is 869. The summed E-state index contributed by atoms with van der Waals surface area (Å²) in [7, 11) is 0. The van der Waals surface area contributed by atoms with Crippen LogP contribution in [-0.2, 0) is 6.54 Å². The van der Waals surface area contributed by atoms with Gasteiger partial charge in [-0.05, 0) is 25.5 Å². The Morgan fingerprint density at radius 2 is 2.19 bits per heavy atom. The maximum absolute atomic E-state index is 11.7. The molecule has 21 heavy (non-hydrogen) atoms. The van der Waals surface area contributed by atoms with E-state index in [1.165, 1.54) is 15.6 Å². The summed E-state index contributed by atoms with van der Waals surface area (Å²) >= 11 is 1.58. The third-order valence-corrected chi connectivity index (χ3v) is 4.39. The molecule has 0 amide bonds. The fraction of sp³-hybridized carbons (Fsp3) is 0.231. The van der Waals surface area contributed by atoms with Gasteiger partial charge in [0.25, 0.3) is 5.56 Å². The zero-order valence-corrected chi connectivity index (χ0v) is 12.4. The van der Waals surface area contributed by atoms with Crippen molar-refractivity contribution >= 4 is 27.4 Å². The number of aryl methyl sites for hydroxylation is 2. The average molecular weight is 302 g/mol. The van der Waals surface area contributed by atoms with E-state index in [9.17, 15) is 4.79 Å². The smallest absolute Gasteiger partial charge is 0.267 e. The number of anilines is 1. The van der Waals surface area contributed by atoms with Gasteiger partial charge in [0.2, 0.25) is 0 Å². The quantitative estimate of drug-likeness (QED) is 0.557. The SMILES string of the molecule is Cc1sc2nc(Cn3ncccc3=O)nc(NN)c2c1C.